The Balaban J connectivity index is 2.02. The van der Waals surface area contributed by atoms with E-state index in [0.29, 0.717) is 6.21 Å². The van der Waals surface area contributed by atoms with E-state index in [0.717, 1.165) is 22.0 Å². The van der Waals surface area contributed by atoms with E-state index in [2.05, 4.69) is 15.1 Å². The number of hydrogen-bond acceptors (Lipinski definition) is 4. The number of nitrogens with zero attached hydrogens (tertiary/aromatic N) is 2. The number of Topliss-reactive ketones (excluding diaryl/α,β-unsaturated/α-hetero) is 1. The van der Waals surface area contributed by atoms with E-state index in [1.54, 1.807) is 6.20 Å². The first-order valence-electron chi connectivity index (χ1n) is 8.30. The first-order chi connectivity index (χ1) is 12.8. The standard InChI is InChI=1S/C18H20N4O5/c1-10-3-2-4-13-11(8-20-16(10)13)7-15(24)17(25)22-14(18(26)27)6-5-12(23)9-21-19/h2-4,8-9,14-15,20,24H,5-7H2,1H3,(H,22,25)(H,26,27)/t14-,15-/m0/s1. The fourth-order valence-electron chi connectivity index (χ4n) is 2.77. The lowest BCUT2D eigenvalue weighted by atomic mass is 10.0. The number of H-pyrrole nitrogens is 1. The Labute approximate surface area is 154 Å². The number of aromatic nitrogens is 1. The maximum atomic E-state index is 12.2. The van der Waals surface area contributed by atoms with E-state index in [9.17, 15) is 24.6 Å². The van der Waals surface area contributed by atoms with Crippen LogP contribution >= 0.6 is 0 Å². The Morgan fingerprint density at radius 3 is 2.78 bits per heavy atom. The minimum absolute atomic E-state index is 0.0116. The molecule has 0 bridgehead atoms. The molecule has 1 aromatic heterocycles. The molecule has 27 heavy (non-hydrogen) atoms. The van der Waals surface area contributed by atoms with Gasteiger partial charge in [0.1, 0.15) is 12.1 Å². The van der Waals surface area contributed by atoms with Gasteiger partial charge in [0.2, 0.25) is 11.7 Å². The normalized spacial score (nSPS) is 12.8. The van der Waals surface area contributed by atoms with Gasteiger partial charge in [0, 0.05) is 29.9 Å². The van der Waals surface area contributed by atoms with Crippen LogP contribution in [-0.4, -0.2) is 56.0 Å². The van der Waals surface area contributed by atoms with Crippen molar-refractivity contribution >= 4 is 34.8 Å². The second-order valence-electron chi connectivity index (χ2n) is 6.18. The van der Waals surface area contributed by atoms with Crippen molar-refractivity contribution in [3.63, 3.8) is 0 Å². The van der Waals surface area contributed by atoms with Crippen molar-refractivity contribution in [1.82, 2.24) is 10.3 Å². The van der Waals surface area contributed by atoms with Crippen LogP contribution in [0.15, 0.2) is 24.4 Å². The zero-order chi connectivity index (χ0) is 20.0. The van der Waals surface area contributed by atoms with Crippen molar-refractivity contribution in [2.45, 2.75) is 38.3 Å². The van der Waals surface area contributed by atoms with Crippen LogP contribution in [0.4, 0.5) is 0 Å². The largest absolute Gasteiger partial charge is 0.480 e. The van der Waals surface area contributed by atoms with Crippen LogP contribution in [0.2, 0.25) is 0 Å². The zero-order valence-corrected chi connectivity index (χ0v) is 14.7. The molecule has 0 aliphatic carbocycles. The van der Waals surface area contributed by atoms with E-state index in [-0.39, 0.29) is 19.3 Å². The fourth-order valence-corrected chi connectivity index (χ4v) is 2.77. The first kappa shape index (κ1) is 20.0. The molecule has 2 rings (SSSR count). The summed E-state index contributed by atoms with van der Waals surface area (Å²) in [6, 6.07) is 4.33. The van der Waals surface area contributed by atoms with Crippen molar-refractivity contribution in [2.75, 3.05) is 0 Å². The number of carboxylic acids is 1. The number of carboxylic acid groups (broad SMARTS) is 1. The highest BCUT2D eigenvalue weighted by Crippen LogP contribution is 2.22. The molecule has 0 radical (unpaired) electrons. The molecule has 9 heteroatoms. The number of amides is 1. The van der Waals surface area contributed by atoms with E-state index < -0.39 is 29.8 Å². The number of fused-ring (bicyclic) bond motifs is 1. The molecular weight excluding hydrogens is 352 g/mol. The van der Waals surface area contributed by atoms with Crippen molar-refractivity contribution in [1.29, 1.82) is 0 Å². The lowest BCUT2D eigenvalue weighted by Crippen LogP contribution is -2.46. The van der Waals surface area contributed by atoms with Crippen LogP contribution in [-0.2, 0) is 20.8 Å². The third-order valence-electron chi connectivity index (χ3n) is 4.22. The summed E-state index contributed by atoms with van der Waals surface area (Å²) in [6.45, 7) is 1.94. The SMILES string of the molecule is Cc1cccc2c(C[C@H](O)C(=O)N[C@@H](CCC(=O)C=[N+]=[N-])C(=O)O)c[nH]c12. The zero-order valence-electron chi connectivity index (χ0n) is 14.7. The quantitative estimate of drug-likeness (QED) is 0.288. The summed E-state index contributed by atoms with van der Waals surface area (Å²) in [5.41, 5.74) is 10.9. The smallest absolute Gasteiger partial charge is 0.326 e. The maximum absolute atomic E-state index is 12.2. The predicted molar refractivity (Wildman–Crippen MR) is 96.2 cm³/mol. The van der Waals surface area contributed by atoms with Gasteiger partial charge in [-0.05, 0) is 24.5 Å². The minimum Gasteiger partial charge on any atom is -0.480 e. The first-order valence-corrected chi connectivity index (χ1v) is 8.30. The van der Waals surface area contributed by atoms with Gasteiger partial charge in [0.05, 0.1) is 0 Å². The number of hydrogen-bond donors (Lipinski definition) is 4. The molecule has 1 heterocycles. The highest BCUT2D eigenvalue weighted by molar-refractivity contribution is 6.25. The number of aromatic amines is 1. The molecule has 9 nitrogen and oxygen atoms in total. The van der Waals surface area contributed by atoms with Gasteiger partial charge in [-0.15, -0.1) is 0 Å². The fraction of sp³-hybridized carbons (Fsp3) is 0.333. The summed E-state index contributed by atoms with van der Waals surface area (Å²) in [5, 5.41) is 22.5. The summed E-state index contributed by atoms with van der Waals surface area (Å²) < 4.78 is 0. The molecule has 2 atom stereocenters. The maximum Gasteiger partial charge on any atom is 0.326 e. The average molecular weight is 372 g/mol. The molecule has 4 N–H and O–H groups in total. The number of aliphatic hydroxyl groups excluding tert-OH is 1. The number of aliphatic hydroxyl groups is 1. The van der Waals surface area contributed by atoms with Crippen molar-refractivity contribution in [3.05, 3.63) is 41.1 Å². The molecule has 0 aliphatic heterocycles. The summed E-state index contributed by atoms with van der Waals surface area (Å²) in [6.07, 6.45) is 0.521. The van der Waals surface area contributed by atoms with Crippen molar-refractivity contribution in [2.24, 2.45) is 0 Å². The highest BCUT2D eigenvalue weighted by atomic mass is 16.4. The second-order valence-corrected chi connectivity index (χ2v) is 6.18. The Hall–Kier alpha value is -3.29. The molecule has 0 spiro atoms. The van der Waals surface area contributed by atoms with E-state index in [4.69, 9.17) is 5.53 Å². The number of carbonyl (C=O) groups excluding carboxylic acids is 2. The molecule has 2 aromatic rings. The van der Waals surface area contributed by atoms with Gasteiger partial charge in [-0.25, -0.2) is 4.79 Å². The second kappa shape index (κ2) is 8.88. The third kappa shape index (κ3) is 5.10. The summed E-state index contributed by atoms with van der Waals surface area (Å²) in [7, 11) is 0. The minimum atomic E-state index is -1.44. The van der Waals surface area contributed by atoms with Gasteiger partial charge in [-0.2, -0.15) is 4.79 Å². The lowest BCUT2D eigenvalue weighted by Gasteiger charge is -2.16. The number of benzene rings is 1. The number of ketones is 1. The topological polar surface area (TPSA) is 156 Å². The molecule has 1 aromatic carbocycles. The monoisotopic (exact) mass is 372 g/mol. The van der Waals surface area contributed by atoms with E-state index in [1.807, 2.05) is 25.1 Å². The highest BCUT2D eigenvalue weighted by Gasteiger charge is 2.25. The van der Waals surface area contributed by atoms with Gasteiger partial charge >= 0.3 is 12.2 Å². The van der Waals surface area contributed by atoms with Crippen LogP contribution in [0.1, 0.15) is 24.0 Å². The van der Waals surface area contributed by atoms with Crippen LogP contribution in [0, 0.1) is 6.92 Å². The van der Waals surface area contributed by atoms with Gasteiger partial charge in [-0.1, -0.05) is 18.2 Å². The Kier molecular flexibility index (Phi) is 6.59. The van der Waals surface area contributed by atoms with Crippen LogP contribution in [0.5, 0.6) is 0 Å². The predicted octanol–water partition coefficient (Wildman–Crippen LogP) is 0.599. The Morgan fingerprint density at radius 1 is 1.37 bits per heavy atom. The summed E-state index contributed by atoms with van der Waals surface area (Å²) in [5.74, 6) is -2.74. The number of carbonyl (C=O) groups is 3. The Morgan fingerprint density at radius 2 is 2.11 bits per heavy atom. The number of aliphatic carboxylic acids is 1. The van der Waals surface area contributed by atoms with Crippen LogP contribution in [0.3, 0.4) is 0 Å². The number of nitrogens with one attached hydrogen (secondary N) is 2. The van der Waals surface area contributed by atoms with Crippen LogP contribution < -0.4 is 5.32 Å². The van der Waals surface area contributed by atoms with Crippen molar-refractivity contribution < 1.29 is 29.4 Å². The molecule has 142 valence electrons. The van der Waals surface area contributed by atoms with Gasteiger partial charge in [0.15, 0.2) is 0 Å². The molecular formula is C18H20N4O5. The van der Waals surface area contributed by atoms with Crippen LogP contribution in [0.25, 0.3) is 16.4 Å². The summed E-state index contributed by atoms with van der Waals surface area (Å²) in [4.78, 5) is 40.4. The molecule has 0 saturated heterocycles. The van der Waals surface area contributed by atoms with Crippen molar-refractivity contribution in [3.8, 4) is 0 Å². The molecule has 0 fully saturated rings. The van der Waals surface area contributed by atoms with E-state index >= 15 is 0 Å². The van der Waals surface area contributed by atoms with Gasteiger partial charge in [-0.3, -0.25) is 9.59 Å². The third-order valence-corrected chi connectivity index (χ3v) is 4.22. The molecule has 1 amide bonds. The number of aryl methyl sites for hydroxylation is 1. The molecule has 0 saturated carbocycles. The lowest BCUT2D eigenvalue weighted by molar-refractivity contribution is -0.143. The Bertz CT molecular complexity index is 914. The summed E-state index contributed by atoms with van der Waals surface area (Å²) >= 11 is 0. The van der Waals surface area contributed by atoms with E-state index in [1.165, 1.54) is 0 Å². The average Bonchev–Trinajstić information content (AvgIpc) is 3.02. The number of para-hydroxylation sites is 1. The van der Waals surface area contributed by atoms with Gasteiger partial charge < -0.3 is 26.0 Å². The number of rotatable bonds is 9. The molecule has 0 aliphatic rings. The molecule has 0 unspecified atom stereocenters. The van der Waals surface area contributed by atoms with Gasteiger partial charge in [0.25, 0.3) is 0 Å².